The number of aliphatic carboxylic acids is 1. The number of ether oxygens (including phenoxy) is 1. The Balaban J connectivity index is 2.33. The van der Waals surface area contributed by atoms with Crippen LogP contribution in [0.4, 0.5) is 0 Å². The van der Waals surface area contributed by atoms with Crippen LogP contribution in [0.3, 0.4) is 0 Å². The molecule has 1 aromatic rings. The first-order valence-electron chi connectivity index (χ1n) is 5.17. The van der Waals surface area contributed by atoms with Gasteiger partial charge in [0.1, 0.15) is 5.75 Å². The van der Waals surface area contributed by atoms with Crippen molar-refractivity contribution in [3.63, 3.8) is 0 Å². The molecule has 3 N–H and O–H groups in total. The zero-order chi connectivity index (χ0) is 13.6. The summed E-state index contributed by atoms with van der Waals surface area (Å²) in [6, 6.07) is 3.29. The average molecular weight is 254 g/mol. The SMILES string of the molecule is CC(O)(CNC(=O)COc1cccnc1)C(=O)O. The number of hydrogen-bond donors (Lipinski definition) is 3. The fourth-order valence-electron chi connectivity index (χ4n) is 0.979. The van der Waals surface area contributed by atoms with E-state index < -0.39 is 24.0 Å². The third-order valence-electron chi connectivity index (χ3n) is 2.09. The van der Waals surface area contributed by atoms with Crippen molar-refractivity contribution in [2.45, 2.75) is 12.5 Å². The van der Waals surface area contributed by atoms with Gasteiger partial charge in [-0.2, -0.15) is 0 Å². The number of pyridine rings is 1. The number of carbonyl (C=O) groups excluding carboxylic acids is 1. The first-order chi connectivity index (χ1) is 8.42. The minimum atomic E-state index is -2.00. The summed E-state index contributed by atoms with van der Waals surface area (Å²) < 4.78 is 5.09. The first-order valence-corrected chi connectivity index (χ1v) is 5.17. The highest BCUT2D eigenvalue weighted by molar-refractivity contribution is 5.80. The molecule has 98 valence electrons. The summed E-state index contributed by atoms with van der Waals surface area (Å²) in [5.41, 5.74) is -2.00. The fraction of sp³-hybridized carbons (Fsp3) is 0.364. The predicted octanol–water partition coefficient (Wildman–Crippen LogP) is -0.588. The predicted molar refractivity (Wildman–Crippen MR) is 61.0 cm³/mol. The average Bonchev–Trinajstić information content (AvgIpc) is 2.35. The molecule has 7 heteroatoms. The smallest absolute Gasteiger partial charge is 0.337 e. The largest absolute Gasteiger partial charge is 0.482 e. The van der Waals surface area contributed by atoms with Gasteiger partial charge in [0.15, 0.2) is 12.2 Å². The number of carboxylic acids is 1. The molecule has 0 aliphatic heterocycles. The number of nitrogens with zero attached hydrogens (tertiary/aromatic N) is 1. The molecule has 0 aromatic carbocycles. The van der Waals surface area contributed by atoms with Crippen molar-refractivity contribution in [2.75, 3.05) is 13.2 Å². The van der Waals surface area contributed by atoms with Gasteiger partial charge in [-0.15, -0.1) is 0 Å². The highest BCUT2D eigenvalue weighted by Crippen LogP contribution is 2.05. The molecule has 0 fully saturated rings. The van der Waals surface area contributed by atoms with Gasteiger partial charge in [0.25, 0.3) is 5.91 Å². The summed E-state index contributed by atoms with van der Waals surface area (Å²) in [6.07, 6.45) is 3.01. The molecule has 1 rings (SSSR count). The first kappa shape index (κ1) is 13.9. The Morgan fingerprint density at radius 2 is 2.28 bits per heavy atom. The third-order valence-corrected chi connectivity index (χ3v) is 2.09. The molecule has 0 spiro atoms. The maximum Gasteiger partial charge on any atom is 0.337 e. The molecular weight excluding hydrogens is 240 g/mol. The Hall–Kier alpha value is -2.15. The van der Waals surface area contributed by atoms with Gasteiger partial charge in [-0.1, -0.05) is 0 Å². The van der Waals surface area contributed by atoms with Crippen LogP contribution in [-0.4, -0.2) is 45.8 Å². The van der Waals surface area contributed by atoms with Crippen LogP contribution in [0.5, 0.6) is 5.75 Å². The van der Waals surface area contributed by atoms with Crippen molar-refractivity contribution < 1.29 is 24.5 Å². The van der Waals surface area contributed by atoms with Crippen molar-refractivity contribution >= 4 is 11.9 Å². The Labute approximate surface area is 103 Å². The highest BCUT2D eigenvalue weighted by Gasteiger charge is 2.30. The molecule has 0 radical (unpaired) electrons. The lowest BCUT2D eigenvalue weighted by atomic mass is 10.1. The molecule has 1 heterocycles. The highest BCUT2D eigenvalue weighted by atomic mass is 16.5. The zero-order valence-electron chi connectivity index (χ0n) is 9.79. The standard InChI is InChI=1S/C11H14N2O5/c1-11(17,10(15)16)7-13-9(14)6-18-8-3-2-4-12-5-8/h2-5,17H,6-7H2,1H3,(H,13,14)(H,15,16). The number of amides is 1. The summed E-state index contributed by atoms with van der Waals surface area (Å²) in [5, 5.41) is 20.2. The Morgan fingerprint density at radius 1 is 1.56 bits per heavy atom. The van der Waals surface area contributed by atoms with Crippen molar-refractivity contribution in [2.24, 2.45) is 0 Å². The number of nitrogens with one attached hydrogen (secondary N) is 1. The second kappa shape index (κ2) is 5.97. The number of carbonyl (C=O) groups is 2. The number of rotatable bonds is 6. The molecule has 1 atom stereocenters. The van der Waals surface area contributed by atoms with E-state index in [-0.39, 0.29) is 6.61 Å². The van der Waals surface area contributed by atoms with Gasteiger partial charge in [0, 0.05) is 6.20 Å². The molecule has 18 heavy (non-hydrogen) atoms. The third kappa shape index (κ3) is 4.38. The van der Waals surface area contributed by atoms with Gasteiger partial charge in [-0.05, 0) is 19.1 Å². The van der Waals surface area contributed by atoms with E-state index in [1.54, 1.807) is 18.3 Å². The lowest BCUT2D eigenvalue weighted by Gasteiger charge is -2.18. The van der Waals surface area contributed by atoms with Crippen LogP contribution < -0.4 is 10.1 Å². The molecule has 1 unspecified atom stereocenters. The summed E-state index contributed by atoms with van der Waals surface area (Å²) in [7, 11) is 0. The molecule has 0 bridgehead atoms. The summed E-state index contributed by atoms with van der Waals surface area (Å²) in [4.78, 5) is 25.7. The normalized spacial score (nSPS) is 13.4. The second-order valence-corrected chi connectivity index (χ2v) is 3.83. The maximum absolute atomic E-state index is 11.3. The molecule has 0 saturated heterocycles. The van der Waals surface area contributed by atoms with Crippen molar-refractivity contribution in [3.8, 4) is 5.75 Å². The van der Waals surface area contributed by atoms with Gasteiger partial charge < -0.3 is 20.3 Å². The summed E-state index contributed by atoms with van der Waals surface area (Å²) >= 11 is 0. The van der Waals surface area contributed by atoms with Crippen LogP contribution in [0, 0.1) is 0 Å². The van der Waals surface area contributed by atoms with Crippen LogP contribution in [0.15, 0.2) is 24.5 Å². The monoisotopic (exact) mass is 254 g/mol. The van der Waals surface area contributed by atoms with Gasteiger partial charge in [0.05, 0.1) is 12.7 Å². The topological polar surface area (TPSA) is 109 Å². The van der Waals surface area contributed by atoms with Gasteiger partial charge in [0.2, 0.25) is 0 Å². The lowest BCUT2D eigenvalue weighted by molar-refractivity contribution is -0.156. The maximum atomic E-state index is 11.3. The minimum absolute atomic E-state index is 0.276. The fourth-order valence-corrected chi connectivity index (χ4v) is 0.979. The minimum Gasteiger partial charge on any atom is -0.482 e. The quantitative estimate of drug-likeness (QED) is 0.626. The molecule has 0 aliphatic carbocycles. The molecule has 0 saturated carbocycles. The number of aromatic nitrogens is 1. The van der Waals surface area contributed by atoms with Crippen LogP contribution in [-0.2, 0) is 9.59 Å². The van der Waals surface area contributed by atoms with Crippen LogP contribution in [0.25, 0.3) is 0 Å². The molecule has 1 amide bonds. The van der Waals surface area contributed by atoms with E-state index in [1.807, 2.05) is 0 Å². The van der Waals surface area contributed by atoms with Crippen LogP contribution in [0.1, 0.15) is 6.92 Å². The molecular formula is C11H14N2O5. The van der Waals surface area contributed by atoms with Crippen molar-refractivity contribution in [1.82, 2.24) is 10.3 Å². The lowest BCUT2D eigenvalue weighted by Crippen LogP contribution is -2.47. The van der Waals surface area contributed by atoms with E-state index >= 15 is 0 Å². The van der Waals surface area contributed by atoms with Gasteiger partial charge in [-0.3, -0.25) is 9.78 Å². The molecule has 0 aliphatic rings. The Bertz CT molecular complexity index is 419. The van der Waals surface area contributed by atoms with E-state index in [4.69, 9.17) is 9.84 Å². The van der Waals surface area contributed by atoms with E-state index in [2.05, 4.69) is 10.3 Å². The molecule has 7 nitrogen and oxygen atoms in total. The zero-order valence-corrected chi connectivity index (χ0v) is 9.79. The van der Waals surface area contributed by atoms with E-state index in [9.17, 15) is 14.7 Å². The second-order valence-electron chi connectivity index (χ2n) is 3.83. The summed E-state index contributed by atoms with van der Waals surface area (Å²) in [5.74, 6) is -1.51. The summed E-state index contributed by atoms with van der Waals surface area (Å²) in [6.45, 7) is 0.427. The Kier molecular flexibility index (Phi) is 4.61. The van der Waals surface area contributed by atoms with Crippen molar-refractivity contribution in [3.05, 3.63) is 24.5 Å². The Morgan fingerprint density at radius 3 is 2.83 bits per heavy atom. The van der Waals surface area contributed by atoms with E-state index in [0.29, 0.717) is 5.75 Å². The van der Waals surface area contributed by atoms with Gasteiger partial charge >= 0.3 is 5.97 Å². The number of hydrogen-bond acceptors (Lipinski definition) is 5. The van der Waals surface area contributed by atoms with Gasteiger partial charge in [-0.25, -0.2) is 4.79 Å². The van der Waals surface area contributed by atoms with Crippen LogP contribution >= 0.6 is 0 Å². The van der Waals surface area contributed by atoms with Crippen LogP contribution in [0.2, 0.25) is 0 Å². The molecule has 1 aromatic heterocycles. The number of carboxylic acid groups (broad SMARTS) is 1. The number of aliphatic hydroxyl groups is 1. The van der Waals surface area contributed by atoms with E-state index in [1.165, 1.54) is 6.20 Å². The van der Waals surface area contributed by atoms with Crippen molar-refractivity contribution in [1.29, 1.82) is 0 Å². The van der Waals surface area contributed by atoms with E-state index in [0.717, 1.165) is 6.92 Å².